The lowest BCUT2D eigenvalue weighted by Gasteiger charge is -2.24. The van der Waals surface area contributed by atoms with E-state index in [4.69, 9.17) is 4.74 Å². The number of rotatable bonds is 6. The molecule has 6 heteroatoms. The van der Waals surface area contributed by atoms with E-state index in [2.05, 4.69) is 10.3 Å². The molecule has 1 atom stereocenters. The molecule has 2 heterocycles. The molecular weight excluding hydrogens is 369 g/mol. The van der Waals surface area contributed by atoms with Gasteiger partial charge in [-0.05, 0) is 49.7 Å². The summed E-state index contributed by atoms with van der Waals surface area (Å²) >= 11 is 0. The van der Waals surface area contributed by atoms with Crippen LogP contribution in [0.15, 0.2) is 73.1 Å². The van der Waals surface area contributed by atoms with Gasteiger partial charge >= 0.3 is 0 Å². The zero-order valence-corrected chi connectivity index (χ0v) is 15.9. The molecule has 0 spiro atoms. The first-order chi connectivity index (χ1) is 14.2. The minimum absolute atomic E-state index is 0.110. The lowest BCUT2D eigenvalue weighted by molar-refractivity contribution is -0.120. The van der Waals surface area contributed by atoms with E-state index in [0.29, 0.717) is 29.3 Å². The van der Waals surface area contributed by atoms with Gasteiger partial charge < -0.3 is 10.1 Å². The summed E-state index contributed by atoms with van der Waals surface area (Å²) in [7, 11) is 0. The number of hydrogen-bond acceptors (Lipinski definition) is 4. The van der Waals surface area contributed by atoms with Crippen molar-refractivity contribution in [2.45, 2.75) is 25.4 Å². The molecule has 0 bridgehead atoms. The summed E-state index contributed by atoms with van der Waals surface area (Å²) in [5, 5.41) is 2.98. The number of carbonyl (C=O) groups excluding carboxylic acids is 1. The maximum Gasteiger partial charge on any atom is 0.241 e. The monoisotopic (exact) mass is 391 g/mol. The second kappa shape index (κ2) is 8.84. The largest absolute Gasteiger partial charge is 0.454 e. The SMILES string of the molecule is O=C(Nc1ccccc1Oc1cccnc1)C1CCCN1Cc1ccccc1F. The van der Waals surface area contributed by atoms with Gasteiger partial charge in [0, 0.05) is 18.3 Å². The van der Waals surface area contributed by atoms with Gasteiger partial charge in [-0.15, -0.1) is 0 Å². The molecular formula is C23H22FN3O2. The lowest BCUT2D eigenvalue weighted by Crippen LogP contribution is -2.39. The van der Waals surface area contributed by atoms with E-state index < -0.39 is 0 Å². The fourth-order valence-corrected chi connectivity index (χ4v) is 3.57. The molecule has 1 saturated heterocycles. The number of carbonyl (C=O) groups is 1. The molecule has 148 valence electrons. The number of para-hydroxylation sites is 2. The first-order valence-electron chi connectivity index (χ1n) is 9.66. The first-order valence-corrected chi connectivity index (χ1v) is 9.66. The summed E-state index contributed by atoms with van der Waals surface area (Å²) in [5.74, 6) is 0.790. The van der Waals surface area contributed by atoms with Gasteiger partial charge in [0.15, 0.2) is 5.75 Å². The van der Waals surface area contributed by atoms with Gasteiger partial charge in [-0.25, -0.2) is 4.39 Å². The molecule has 1 fully saturated rings. The molecule has 1 N–H and O–H groups in total. The molecule has 5 nitrogen and oxygen atoms in total. The van der Waals surface area contributed by atoms with Crippen molar-refractivity contribution >= 4 is 11.6 Å². The summed E-state index contributed by atoms with van der Waals surface area (Å²) in [5.41, 5.74) is 1.20. The third kappa shape index (κ3) is 4.60. The fraction of sp³-hybridized carbons (Fsp3) is 0.217. The minimum Gasteiger partial charge on any atom is -0.454 e. The van der Waals surface area contributed by atoms with Crippen LogP contribution in [0, 0.1) is 5.82 Å². The van der Waals surface area contributed by atoms with Crippen LogP contribution in [0.2, 0.25) is 0 Å². The van der Waals surface area contributed by atoms with Gasteiger partial charge in [0.25, 0.3) is 0 Å². The Morgan fingerprint density at radius 1 is 1.14 bits per heavy atom. The van der Waals surface area contributed by atoms with E-state index in [-0.39, 0.29) is 17.8 Å². The Balaban J connectivity index is 1.47. The number of hydrogen-bond donors (Lipinski definition) is 1. The Labute approximate surface area is 169 Å². The molecule has 29 heavy (non-hydrogen) atoms. The number of likely N-dealkylation sites (tertiary alicyclic amines) is 1. The van der Waals surface area contributed by atoms with Crippen LogP contribution in [-0.4, -0.2) is 28.4 Å². The normalized spacial score (nSPS) is 16.5. The number of nitrogens with one attached hydrogen (secondary N) is 1. The van der Waals surface area contributed by atoms with Crippen LogP contribution < -0.4 is 10.1 Å². The molecule has 1 aromatic heterocycles. The van der Waals surface area contributed by atoms with Gasteiger partial charge in [-0.2, -0.15) is 0 Å². The van der Waals surface area contributed by atoms with Crippen LogP contribution >= 0.6 is 0 Å². The topological polar surface area (TPSA) is 54.5 Å². The van der Waals surface area contributed by atoms with E-state index in [1.54, 1.807) is 48.8 Å². The highest BCUT2D eigenvalue weighted by molar-refractivity contribution is 5.96. The van der Waals surface area contributed by atoms with Crippen LogP contribution in [0.25, 0.3) is 0 Å². The molecule has 4 rings (SSSR count). The summed E-state index contributed by atoms with van der Waals surface area (Å²) in [6.45, 7) is 1.18. The van der Waals surface area contributed by atoms with Crippen molar-refractivity contribution in [2.24, 2.45) is 0 Å². The Kier molecular flexibility index (Phi) is 5.81. The Morgan fingerprint density at radius 3 is 2.79 bits per heavy atom. The molecule has 3 aromatic rings. The van der Waals surface area contributed by atoms with Crippen molar-refractivity contribution in [2.75, 3.05) is 11.9 Å². The number of benzene rings is 2. The molecule has 1 aliphatic rings. The second-order valence-electron chi connectivity index (χ2n) is 7.00. The van der Waals surface area contributed by atoms with Crippen molar-refractivity contribution in [1.82, 2.24) is 9.88 Å². The van der Waals surface area contributed by atoms with Crippen molar-refractivity contribution in [3.05, 3.63) is 84.4 Å². The average Bonchev–Trinajstić information content (AvgIpc) is 3.20. The van der Waals surface area contributed by atoms with Crippen LogP contribution in [-0.2, 0) is 11.3 Å². The molecule has 0 aliphatic carbocycles. The standard InChI is InChI=1S/C23H22FN3O2/c24-19-9-2-1-7-17(19)16-27-14-6-11-21(27)23(28)26-20-10-3-4-12-22(20)29-18-8-5-13-25-15-18/h1-5,7-10,12-13,15,21H,6,11,14,16H2,(H,26,28). The maximum atomic E-state index is 14.0. The van der Waals surface area contributed by atoms with E-state index in [1.807, 2.05) is 23.1 Å². The van der Waals surface area contributed by atoms with Crippen molar-refractivity contribution in [3.63, 3.8) is 0 Å². The number of halogens is 1. The molecule has 2 aromatic carbocycles. The third-order valence-corrected chi connectivity index (χ3v) is 5.00. The lowest BCUT2D eigenvalue weighted by atomic mass is 10.1. The second-order valence-corrected chi connectivity index (χ2v) is 7.00. The van der Waals surface area contributed by atoms with Gasteiger partial charge in [-0.1, -0.05) is 30.3 Å². The maximum absolute atomic E-state index is 14.0. The van der Waals surface area contributed by atoms with Crippen molar-refractivity contribution in [1.29, 1.82) is 0 Å². The Hall–Kier alpha value is -3.25. The quantitative estimate of drug-likeness (QED) is 0.666. The number of ether oxygens (including phenoxy) is 1. The molecule has 1 aliphatic heterocycles. The fourth-order valence-electron chi connectivity index (χ4n) is 3.57. The zero-order chi connectivity index (χ0) is 20.1. The predicted octanol–water partition coefficient (Wildman–Crippen LogP) is 4.62. The summed E-state index contributed by atoms with van der Waals surface area (Å²) < 4.78 is 19.9. The van der Waals surface area contributed by atoms with Crippen LogP contribution in [0.4, 0.5) is 10.1 Å². The molecule has 0 radical (unpaired) electrons. The van der Waals surface area contributed by atoms with Gasteiger partial charge in [0.05, 0.1) is 17.9 Å². The van der Waals surface area contributed by atoms with Crippen LogP contribution in [0.5, 0.6) is 11.5 Å². The van der Waals surface area contributed by atoms with Crippen LogP contribution in [0.1, 0.15) is 18.4 Å². The number of amides is 1. The minimum atomic E-state index is -0.305. The van der Waals surface area contributed by atoms with E-state index >= 15 is 0 Å². The number of nitrogens with zero attached hydrogens (tertiary/aromatic N) is 2. The van der Waals surface area contributed by atoms with Gasteiger partial charge in [0.2, 0.25) is 5.91 Å². The van der Waals surface area contributed by atoms with E-state index in [9.17, 15) is 9.18 Å². The summed E-state index contributed by atoms with van der Waals surface area (Å²) in [6, 6.07) is 17.3. The van der Waals surface area contributed by atoms with E-state index in [0.717, 1.165) is 19.4 Å². The summed E-state index contributed by atoms with van der Waals surface area (Å²) in [6.07, 6.45) is 4.93. The third-order valence-electron chi connectivity index (χ3n) is 5.00. The molecule has 0 saturated carbocycles. The highest BCUT2D eigenvalue weighted by Gasteiger charge is 2.31. The molecule has 1 unspecified atom stereocenters. The molecule has 1 amide bonds. The van der Waals surface area contributed by atoms with Crippen molar-refractivity contribution < 1.29 is 13.9 Å². The average molecular weight is 391 g/mol. The van der Waals surface area contributed by atoms with Crippen molar-refractivity contribution in [3.8, 4) is 11.5 Å². The number of aromatic nitrogens is 1. The Morgan fingerprint density at radius 2 is 1.97 bits per heavy atom. The highest BCUT2D eigenvalue weighted by Crippen LogP contribution is 2.30. The zero-order valence-electron chi connectivity index (χ0n) is 15.9. The smallest absolute Gasteiger partial charge is 0.241 e. The Bertz CT molecular complexity index is 981. The first kappa shape index (κ1) is 19.1. The predicted molar refractivity (Wildman–Crippen MR) is 109 cm³/mol. The number of pyridine rings is 1. The summed E-state index contributed by atoms with van der Waals surface area (Å²) in [4.78, 5) is 19.1. The number of anilines is 1. The van der Waals surface area contributed by atoms with Gasteiger partial charge in [0.1, 0.15) is 11.6 Å². The van der Waals surface area contributed by atoms with E-state index in [1.165, 1.54) is 6.07 Å². The highest BCUT2D eigenvalue weighted by atomic mass is 19.1. The van der Waals surface area contributed by atoms with Crippen LogP contribution in [0.3, 0.4) is 0 Å². The van der Waals surface area contributed by atoms with Gasteiger partial charge in [-0.3, -0.25) is 14.7 Å².